The number of carbonyl (C=O) groups excluding carboxylic acids is 2. The molecule has 0 fully saturated rings. The molecular weight excluding hydrogens is 356 g/mol. The molecule has 2 rings (SSSR count). The number of amides is 2. The van der Waals surface area contributed by atoms with Crippen LogP contribution < -0.4 is 5.73 Å². The first kappa shape index (κ1) is 20.3. The summed E-state index contributed by atoms with van der Waals surface area (Å²) in [4.78, 5) is 46.6. The van der Waals surface area contributed by atoms with Gasteiger partial charge in [-0.1, -0.05) is 6.07 Å². The molecule has 10 heteroatoms. The van der Waals surface area contributed by atoms with Crippen LogP contribution in [0.1, 0.15) is 49.5 Å². The van der Waals surface area contributed by atoms with Crippen LogP contribution in [0.25, 0.3) is 0 Å². The first-order valence-electron chi connectivity index (χ1n) is 8.33. The summed E-state index contributed by atoms with van der Waals surface area (Å²) in [6, 6.07) is 3.00. The molecule has 0 saturated heterocycles. The Morgan fingerprint density at radius 3 is 2.52 bits per heavy atom. The van der Waals surface area contributed by atoms with Gasteiger partial charge < -0.3 is 10.8 Å². The van der Waals surface area contributed by atoms with Crippen molar-refractivity contribution in [2.24, 2.45) is 5.73 Å². The average molecular weight is 378 g/mol. The highest BCUT2D eigenvalue weighted by atomic mass is 16.6. The van der Waals surface area contributed by atoms with Crippen LogP contribution in [0.3, 0.4) is 0 Å². The lowest BCUT2D eigenvalue weighted by Crippen LogP contribution is -2.60. The number of carboxylic acids is 1. The van der Waals surface area contributed by atoms with Gasteiger partial charge in [0.1, 0.15) is 6.04 Å². The lowest BCUT2D eigenvalue weighted by atomic mass is 10.0. The molecular formula is C17H22N4O6. The Hall–Kier alpha value is -3.01. The van der Waals surface area contributed by atoms with Crippen molar-refractivity contribution in [2.75, 3.05) is 0 Å². The molecule has 146 valence electrons. The molecule has 2 amide bonds. The van der Waals surface area contributed by atoms with E-state index >= 15 is 0 Å². The summed E-state index contributed by atoms with van der Waals surface area (Å²) in [5, 5.41) is 23.5. The second-order valence-corrected chi connectivity index (χ2v) is 7.30. The van der Waals surface area contributed by atoms with Crippen molar-refractivity contribution in [1.29, 1.82) is 0 Å². The van der Waals surface area contributed by atoms with Gasteiger partial charge in [-0.25, -0.2) is 0 Å². The topological polar surface area (TPSA) is 147 Å². The monoisotopic (exact) mass is 378 g/mol. The first-order valence-corrected chi connectivity index (χ1v) is 8.33. The van der Waals surface area contributed by atoms with Crippen LogP contribution in [-0.4, -0.2) is 49.4 Å². The van der Waals surface area contributed by atoms with Crippen LogP contribution in [-0.2, 0) is 16.1 Å². The summed E-state index contributed by atoms with van der Waals surface area (Å²) in [6.45, 7) is 5.04. The van der Waals surface area contributed by atoms with E-state index in [4.69, 9.17) is 5.73 Å². The number of nitro groups is 1. The van der Waals surface area contributed by atoms with Crippen LogP contribution in [0.4, 0.5) is 5.69 Å². The summed E-state index contributed by atoms with van der Waals surface area (Å²) in [6.07, 6.45) is -0.261. The molecule has 1 aromatic rings. The van der Waals surface area contributed by atoms with Gasteiger partial charge in [0.2, 0.25) is 5.91 Å². The van der Waals surface area contributed by atoms with Gasteiger partial charge in [0.15, 0.2) is 0 Å². The second-order valence-electron chi connectivity index (χ2n) is 7.30. The molecule has 0 unspecified atom stereocenters. The molecule has 27 heavy (non-hydrogen) atoms. The number of hydrogen-bond acceptors (Lipinski definition) is 6. The summed E-state index contributed by atoms with van der Waals surface area (Å²) in [5.74, 6) is -2.39. The molecule has 0 saturated carbocycles. The number of hydrazine groups is 1. The van der Waals surface area contributed by atoms with Gasteiger partial charge in [0.25, 0.3) is 11.6 Å². The highest BCUT2D eigenvalue weighted by Gasteiger charge is 2.44. The number of primary amides is 1. The standard InChI is InChI=1S/C17H22N4O6/c1-17(2,3)20(13(16(24)25)7-8-14(18)22)19-9-11-10(15(19)23)5-4-6-12(11)21(26)27/h4-6,13H,7-9H2,1-3H3,(H2,18,22)(H,24,25)/t13-/m1/s1. The molecule has 0 aromatic heterocycles. The smallest absolute Gasteiger partial charge is 0.322 e. The van der Waals surface area contributed by atoms with Crippen LogP contribution in [0.15, 0.2) is 18.2 Å². The highest BCUT2D eigenvalue weighted by Crippen LogP contribution is 2.35. The quantitative estimate of drug-likeness (QED) is 0.536. The Bertz CT molecular complexity index is 801. The van der Waals surface area contributed by atoms with Crippen molar-refractivity contribution in [3.63, 3.8) is 0 Å². The van der Waals surface area contributed by atoms with Crippen LogP contribution in [0, 0.1) is 10.1 Å². The fourth-order valence-electron chi connectivity index (χ4n) is 3.27. The number of hydrogen-bond donors (Lipinski definition) is 2. The number of fused-ring (bicyclic) bond motifs is 1. The summed E-state index contributed by atoms with van der Waals surface area (Å²) in [7, 11) is 0. The molecule has 0 bridgehead atoms. The van der Waals surface area contributed by atoms with E-state index in [0.29, 0.717) is 0 Å². The predicted molar refractivity (Wildman–Crippen MR) is 94.4 cm³/mol. The first-order chi connectivity index (χ1) is 12.4. The molecule has 0 spiro atoms. The molecule has 1 atom stereocenters. The van der Waals surface area contributed by atoms with Gasteiger partial charge in [-0.15, -0.1) is 0 Å². The number of aliphatic carboxylic acids is 1. The van der Waals surface area contributed by atoms with E-state index in [-0.39, 0.29) is 36.2 Å². The van der Waals surface area contributed by atoms with E-state index in [0.717, 1.165) is 0 Å². The van der Waals surface area contributed by atoms with Crippen molar-refractivity contribution < 1.29 is 24.4 Å². The fraction of sp³-hybridized carbons (Fsp3) is 0.471. The van der Waals surface area contributed by atoms with Gasteiger partial charge in [0, 0.05) is 18.0 Å². The summed E-state index contributed by atoms with van der Waals surface area (Å²) >= 11 is 0. The third-order valence-corrected chi connectivity index (χ3v) is 4.31. The molecule has 0 radical (unpaired) electrons. The van der Waals surface area contributed by atoms with Crippen LogP contribution in [0.2, 0.25) is 0 Å². The maximum absolute atomic E-state index is 12.9. The Labute approximate surface area is 155 Å². The van der Waals surface area contributed by atoms with Gasteiger partial charge in [-0.3, -0.25) is 29.5 Å². The Morgan fingerprint density at radius 1 is 1.41 bits per heavy atom. The van der Waals surface area contributed by atoms with Gasteiger partial charge in [-0.05, 0) is 33.3 Å². The molecule has 10 nitrogen and oxygen atoms in total. The minimum Gasteiger partial charge on any atom is -0.480 e. The lowest BCUT2D eigenvalue weighted by Gasteiger charge is -2.44. The molecule has 1 aliphatic rings. The van der Waals surface area contributed by atoms with E-state index in [1.54, 1.807) is 20.8 Å². The Balaban J connectivity index is 2.48. The van der Waals surface area contributed by atoms with E-state index in [9.17, 15) is 29.6 Å². The zero-order chi connectivity index (χ0) is 20.5. The van der Waals surface area contributed by atoms with E-state index in [2.05, 4.69) is 0 Å². The number of nitrogens with zero attached hydrogens (tertiary/aromatic N) is 3. The fourth-order valence-corrected chi connectivity index (χ4v) is 3.27. The Kier molecular flexibility index (Phi) is 5.50. The van der Waals surface area contributed by atoms with Crippen molar-refractivity contribution in [2.45, 2.75) is 51.7 Å². The number of nitro benzene ring substituents is 1. The number of rotatable bonds is 7. The zero-order valence-electron chi connectivity index (χ0n) is 15.3. The third kappa shape index (κ3) is 4.05. The van der Waals surface area contributed by atoms with E-state index in [1.807, 2.05) is 0 Å². The molecule has 0 aliphatic carbocycles. The summed E-state index contributed by atoms with van der Waals surface area (Å²) in [5.41, 5.74) is 4.54. The average Bonchev–Trinajstić information content (AvgIpc) is 2.86. The summed E-state index contributed by atoms with van der Waals surface area (Å²) < 4.78 is 0. The number of carboxylic acid groups (broad SMARTS) is 1. The van der Waals surface area contributed by atoms with E-state index in [1.165, 1.54) is 28.2 Å². The molecule has 1 aliphatic heterocycles. The zero-order valence-corrected chi connectivity index (χ0v) is 15.3. The van der Waals surface area contributed by atoms with Crippen molar-refractivity contribution >= 4 is 23.5 Å². The van der Waals surface area contributed by atoms with Crippen molar-refractivity contribution in [3.8, 4) is 0 Å². The number of benzene rings is 1. The van der Waals surface area contributed by atoms with E-state index < -0.39 is 34.3 Å². The van der Waals surface area contributed by atoms with Crippen molar-refractivity contribution in [1.82, 2.24) is 10.0 Å². The highest BCUT2D eigenvalue weighted by molar-refractivity contribution is 5.99. The second kappa shape index (κ2) is 7.31. The predicted octanol–water partition coefficient (Wildman–Crippen LogP) is 1.28. The molecule has 3 N–H and O–H groups in total. The third-order valence-electron chi connectivity index (χ3n) is 4.31. The molecule has 1 aromatic carbocycles. The normalized spacial score (nSPS) is 15.0. The number of carbonyl (C=O) groups is 3. The van der Waals surface area contributed by atoms with Crippen LogP contribution in [0.5, 0.6) is 0 Å². The minimum atomic E-state index is -1.22. The Morgan fingerprint density at radius 2 is 2.04 bits per heavy atom. The number of nitrogens with two attached hydrogens (primary N) is 1. The minimum absolute atomic E-state index is 0.0931. The van der Waals surface area contributed by atoms with Gasteiger partial charge >= 0.3 is 5.97 Å². The van der Waals surface area contributed by atoms with Gasteiger partial charge in [-0.2, -0.15) is 5.01 Å². The largest absolute Gasteiger partial charge is 0.480 e. The maximum Gasteiger partial charge on any atom is 0.322 e. The van der Waals surface area contributed by atoms with Crippen LogP contribution >= 0.6 is 0 Å². The lowest BCUT2D eigenvalue weighted by molar-refractivity contribution is -0.385. The van der Waals surface area contributed by atoms with Gasteiger partial charge in [0.05, 0.1) is 22.6 Å². The maximum atomic E-state index is 12.9. The molecule has 1 heterocycles. The SMILES string of the molecule is CC(C)(C)N([C@H](CCC(N)=O)C(=O)O)N1Cc2c(cccc2[N+](=O)[O-])C1=O. The van der Waals surface area contributed by atoms with Crippen molar-refractivity contribution in [3.05, 3.63) is 39.4 Å².